The summed E-state index contributed by atoms with van der Waals surface area (Å²) in [6.07, 6.45) is 3.95. The molecule has 0 saturated heterocycles. The number of hydrogen-bond donors (Lipinski definition) is 0. The number of rotatable bonds is 1. The Balaban J connectivity index is 0.00000144. The summed E-state index contributed by atoms with van der Waals surface area (Å²) in [5.74, 6) is 2.51. The molecule has 0 aliphatic heterocycles. The Morgan fingerprint density at radius 2 is 1.92 bits per heavy atom. The third kappa shape index (κ3) is 3.53. The van der Waals surface area contributed by atoms with Crippen LogP contribution >= 0.6 is 0 Å². The second kappa shape index (κ2) is 4.72. The zero-order valence-corrected chi connectivity index (χ0v) is 9.91. The van der Waals surface area contributed by atoms with E-state index in [1.165, 1.54) is 24.8 Å². The topological polar surface area (TPSA) is 0 Å². The largest absolute Gasteiger partial charge is 1.00 e. The minimum Gasteiger partial charge on any atom is -0.308 e. The van der Waals surface area contributed by atoms with E-state index in [0.717, 1.165) is 5.92 Å². The second-order valence-electron chi connectivity index (χ2n) is 5.14. The molecule has 0 aromatic rings. The van der Waals surface area contributed by atoms with Crippen molar-refractivity contribution in [1.82, 2.24) is 0 Å². The van der Waals surface area contributed by atoms with Gasteiger partial charge in [-0.25, -0.2) is 0 Å². The van der Waals surface area contributed by atoms with Crippen LogP contribution in [0.5, 0.6) is 0 Å². The van der Waals surface area contributed by atoms with Crippen LogP contribution in [-0.4, -0.2) is 0 Å². The Bertz CT molecular complexity index is 176. The van der Waals surface area contributed by atoms with Crippen molar-refractivity contribution in [2.45, 2.75) is 47.0 Å². The first kappa shape index (κ1) is 13.3. The molecule has 0 spiro atoms. The molecule has 1 unspecified atom stereocenters. The second-order valence-corrected chi connectivity index (χ2v) is 5.14. The van der Waals surface area contributed by atoms with Crippen molar-refractivity contribution in [3.05, 3.63) is 18.1 Å². The first-order valence-corrected chi connectivity index (χ1v) is 4.92. The fraction of sp³-hybridized carbons (Fsp3) is 0.750. The van der Waals surface area contributed by atoms with E-state index in [-0.39, 0.29) is 18.9 Å². The van der Waals surface area contributed by atoms with Crippen LogP contribution < -0.4 is 18.9 Å². The van der Waals surface area contributed by atoms with Gasteiger partial charge in [-0.15, -0.1) is 0 Å². The maximum atomic E-state index is 4.04. The van der Waals surface area contributed by atoms with Crippen LogP contribution in [0.2, 0.25) is 0 Å². The van der Waals surface area contributed by atoms with Gasteiger partial charge in [0.05, 0.1) is 0 Å². The maximum absolute atomic E-state index is 4.04. The van der Waals surface area contributed by atoms with Gasteiger partial charge >= 0.3 is 18.9 Å². The van der Waals surface area contributed by atoms with E-state index in [1.807, 2.05) is 0 Å². The molecule has 1 fully saturated rings. The Hall–Kier alpha value is 0.337. The predicted molar refractivity (Wildman–Crippen MR) is 54.9 cm³/mol. The Kier molecular flexibility index (Phi) is 4.84. The van der Waals surface area contributed by atoms with Gasteiger partial charge in [0.2, 0.25) is 0 Å². The zero-order valence-electron chi connectivity index (χ0n) is 9.91. The SMILES string of the molecule is C=C(C)C1CC[C-](C(C)(C)C)C1.[Li+]. The normalized spacial score (nSPS) is 24.2. The van der Waals surface area contributed by atoms with Gasteiger partial charge in [0.15, 0.2) is 0 Å². The molecule has 0 amide bonds. The van der Waals surface area contributed by atoms with Gasteiger partial charge in [-0.1, -0.05) is 45.3 Å². The van der Waals surface area contributed by atoms with Gasteiger partial charge in [-0.05, 0) is 6.92 Å². The summed E-state index contributed by atoms with van der Waals surface area (Å²) in [5, 5.41) is 0. The summed E-state index contributed by atoms with van der Waals surface area (Å²) in [6.45, 7) is 13.2. The quantitative estimate of drug-likeness (QED) is 0.314. The van der Waals surface area contributed by atoms with Crippen LogP contribution in [0.3, 0.4) is 0 Å². The summed E-state index contributed by atoms with van der Waals surface area (Å²) in [7, 11) is 0. The molecule has 1 aliphatic rings. The first-order chi connectivity index (χ1) is 5.41. The predicted octanol–water partition coefficient (Wildman–Crippen LogP) is 0.987. The van der Waals surface area contributed by atoms with E-state index in [1.54, 1.807) is 5.92 Å². The van der Waals surface area contributed by atoms with Crippen molar-refractivity contribution in [2.75, 3.05) is 0 Å². The minimum absolute atomic E-state index is 0. The zero-order chi connectivity index (χ0) is 9.35. The molecule has 0 heterocycles. The number of hydrogen-bond acceptors (Lipinski definition) is 0. The van der Waals surface area contributed by atoms with E-state index >= 15 is 0 Å². The third-order valence-electron chi connectivity index (χ3n) is 3.04. The number of allylic oxidation sites excluding steroid dienone is 1. The summed E-state index contributed by atoms with van der Waals surface area (Å²) in [4.78, 5) is 0. The Morgan fingerprint density at radius 3 is 2.15 bits per heavy atom. The van der Waals surface area contributed by atoms with E-state index < -0.39 is 0 Å². The fourth-order valence-corrected chi connectivity index (χ4v) is 1.95. The van der Waals surface area contributed by atoms with Gasteiger partial charge in [0.1, 0.15) is 0 Å². The van der Waals surface area contributed by atoms with Crippen LogP contribution in [0, 0.1) is 17.3 Å². The Morgan fingerprint density at radius 1 is 1.38 bits per heavy atom. The average molecular weight is 172 g/mol. The summed E-state index contributed by atoms with van der Waals surface area (Å²) in [5.41, 5.74) is 1.79. The van der Waals surface area contributed by atoms with Crippen molar-refractivity contribution in [3.8, 4) is 0 Å². The molecular formula is C12H21Li. The van der Waals surface area contributed by atoms with Crippen LogP contribution in [-0.2, 0) is 0 Å². The van der Waals surface area contributed by atoms with Crippen LogP contribution in [0.1, 0.15) is 47.0 Å². The van der Waals surface area contributed by atoms with E-state index in [0.29, 0.717) is 5.41 Å². The average Bonchev–Trinajstić information content (AvgIpc) is 2.30. The minimum atomic E-state index is 0. The van der Waals surface area contributed by atoms with E-state index in [4.69, 9.17) is 0 Å². The van der Waals surface area contributed by atoms with Gasteiger partial charge in [-0.2, -0.15) is 18.3 Å². The molecule has 0 aromatic heterocycles. The van der Waals surface area contributed by atoms with Crippen LogP contribution in [0.15, 0.2) is 12.2 Å². The molecule has 0 aromatic carbocycles. The van der Waals surface area contributed by atoms with E-state index in [9.17, 15) is 0 Å². The standard InChI is InChI=1S/C12H21.Li/c1-9(2)10-6-7-11(8-10)12(3,4)5;/h10H,1,6-8H2,2-5H3;/q-1;+1. The molecule has 0 nitrogen and oxygen atoms in total. The molecule has 1 aliphatic carbocycles. The van der Waals surface area contributed by atoms with Crippen molar-refractivity contribution in [1.29, 1.82) is 0 Å². The smallest absolute Gasteiger partial charge is 0.308 e. The van der Waals surface area contributed by atoms with E-state index in [2.05, 4.69) is 34.3 Å². The monoisotopic (exact) mass is 172 g/mol. The van der Waals surface area contributed by atoms with Gasteiger partial charge in [-0.3, -0.25) is 0 Å². The molecule has 13 heavy (non-hydrogen) atoms. The molecule has 1 saturated carbocycles. The summed E-state index contributed by atoms with van der Waals surface area (Å²) >= 11 is 0. The fourth-order valence-electron chi connectivity index (χ4n) is 1.95. The molecule has 70 valence electrons. The third-order valence-corrected chi connectivity index (χ3v) is 3.04. The van der Waals surface area contributed by atoms with Gasteiger partial charge in [0, 0.05) is 0 Å². The molecule has 0 radical (unpaired) electrons. The maximum Gasteiger partial charge on any atom is 1.00 e. The molecular weight excluding hydrogens is 151 g/mol. The van der Waals surface area contributed by atoms with Gasteiger partial charge < -0.3 is 5.92 Å². The molecule has 1 heteroatoms. The van der Waals surface area contributed by atoms with Crippen LogP contribution in [0.25, 0.3) is 0 Å². The molecule has 0 bridgehead atoms. The molecule has 1 atom stereocenters. The van der Waals surface area contributed by atoms with Crippen molar-refractivity contribution in [3.63, 3.8) is 0 Å². The van der Waals surface area contributed by atoms with Gasteiger partial charge in [0.25, 0.3) is 0 Å². The van der Waals surface area contributed by atoms with Crippen molar-refractivity contribution in [2.24, 2.45) is 11.3 Å². The van der Waals surface area contributed by atoms with Crippen molar-refractivity contribution < 1.29 is 18.9 Å². The summed E-state index contributed by atoms with van der Waals surface area (Å²) in [6, 6.07) is 0. The van der Waals surface area contributed by atoms with Crippen molar-refractivity contribution >= 4 is 0 Å². The Labute approximate surface area is 95.4 Å². The molecule has 0 N–H and O–H groups in total. The summed E-state index contributed by atoms with van der Waals surface area (Å²) < 4.78 is 0. The first-order valence-electron chi connectivity index (χ1n) is 4.92. The van der Waals surface area contributed by atoms with Crippen LogP contribution in [0.4, 0.5) is 0 Å². The molecule has 1 rings (SSSR count).